The first-order valence-corrected chi connectivity index (χ1v) is 8.90. The van der Waals surface area contributed by atoms with Crippen LogP contribution < -0.4 is 10.1 Å². The Balaban J connectivity index is 1.96. The minimum Gasteiger partial charge on any atom is -0.491 e. The Morgan fingerprint density at radius 1 is 1.35 bits per heavy atom. The maximum absolute atomic E-state index is 13.9. The van der Waals surface area contributed by atoms with Crippen LogP contribution >= 0.6 is 0 Å². The third kappa shape index (κ3) is 5.61. The summed E-state index contributed by atoms with van der Waals surface area (Å²) in [7, 11) is 0. The summed E-state index contributed by atoms with van der Waals surface area (Å²) >= 11 is 0. The highest BCUT2D eigenvalue weighted by molar-refractivity contribution is 5.93. The van der Waals surface area contributed by atoms with E-state index in [1.54, 1.807) is 38.7 Å². The fourth-order valence-electron chi connectivity index (χ4n) is 2.78. The molecule has 0 bridgehead atoms. The van der Waals surface area contributed by atoms with Gasteiger partial charge in [0.05, 0.1) is 12.5 Å². The minimum atomic E-state index is -0.577. The second-order valence-corrected chi connectivity index (χ2v) is 7.33. The molecule has 0 aromatic heterocycles. The van der Waals surface area contributed by atoms with E-state index in [-0.39, 0.29) is 17.6 Å². The Hall–Kier alpha value is -2.31. The van der Waals surface area contributed by atoms with Gasteiger partial charge in [0.1, 0.15) is 5.60 Å². The van der Waals surface area contributed by atoms with Crippen LogP contribution in [-0.2, 0) is 9.53 Å². The predicted octanol–water partition coefficient (Wildman–Crippen LogP) is 3.81. The number of piperidine rings is 1. The lowest BCUT2D eigenvalue weighted by molar-refractivity contribution is -0.121. The highest BCUT2D eigenvalue weighted by atomic mass is 19.1. The smallest absolute Gasteiger partial charge is 0.410 e. The van der Waals surface area contributed by atoms with Crippen LogP contribution in [0.15, 0.2) is 18.2 Å². The zero-order valence-electron chi connectivity index (χ0n) is 15.8. The predicted molar refractivity (Wildman–Crippen MR) is 96.7 cm³/mol. The largest absolute Gasteiger partial charge is 0.491 e. The van der Waals surface area contributed by atoms with Crippen LogP contribution in [0.2, 0.25) is 0 Å². The maximum atomic E-state index is 13.9. The van der Waals surface area contributed by atoms with Crippen LogP contribution in [0, 0.1) is 11.7 Å². The van der Waals surface area contributed by atoms with Crippen molar-refractivity contribution in [3.8, 4) is 5.75 Å². The number of ether oxygens (including phenoxy) is 2. The minimum absolute atomic E-state index is 0.152. The molecule has 6 nitrogen and oxygen atoms in total. The molecule has 2 amide bonds. The van der Waals surface area contributed by atoms with E-state index in [1.807, 2.05) is 0 Å². The van der Waals surface area contributed by atoms with Crippen LogP contribution in [0.1, 0.15) is 40.5 Å². The van der Waals surface area contributed by atoms with Gasteiger partial charge >= 0.3 is 6.09 Å². The van der Waals surface area contributed by atoms with Gasteiger partial charge in [0.2, 0.25) is 5.91 Å². The van der Waals surface area contributed by atoms with Gasteiger partial charge in [-0.1, -0.05) is 0 Å². The standard InChI is InChI=1S/C19H27FN2O4/c1-5-25-16-9-8-14(11-15(16)20)21-17(23)13-7-6-10-22(12-13)18(24)26-19(2,3)4/h8-9,11,13H,5-7,10,12H2,1-4H3,(H,21,23). The molecule has 0 spiro atoms. The van der Waals surface area contributed by atoms with Crippen molar-refractivity contribution in [2.75, 3.05) is 25.0 Å². The zero-order chi connectivity index (χ0) is 19.3. The molecule has 0 saturated carbocycles. The monoisotopic (exact) mass is 366 g/mol. The van der Waals surface area contributed by atoms with E-state index >= 15 is 0 Å². The average Bonchev–Trinajstić information content (AvgIpc) is 2.56. The van der Waals surface area contributed by atoms with Crippen molar-refractivity contribution in [2.24, 2.45) is 5.92 Å². The van der Waals surface area contributed by atoms with Crippen LogP contribution in [0.25, 0.3) is 0 Å². The molecule has 1 fully saturated rings. The molecule has 1 N–H and O–H groups in total. The van der Waals surface area contributed by atoms with E-state index in [0.29, 0.717) is 31.8 Å². The number of likely N-dealkylation sites (tertiary alicyclic amines) is 1. The number of hydrogen-bond donors (Lipinski definition) is 1. The number of rotatable bonds is 4. The fourth-order valence-corrected chi connectivity index (χ4v) is 2.78. The van der Waals surface area contributed by atoms with Gasteiger partial charge in [-0.05, 0) is 52.7 Å². The van der Waals surface area contributed by atoms with E-state index in [9.17, 15) is 14.0 Å². The van der Waals surface area contributed by atoms with Gasteiger partial charge in [0, 0.05) is 24.8 Å². The number of nitrogens with zero attached hydrogens (tertiary/aromatic N) is 1. The maximum Gasteiger partial charge on any atom is 0.410 e. The Morgan fingerprint density at radius 2 is 2.08 bits per heavy atom. The summed E-state index contributed by atoms with van der Waals surface area (Å²) in [5, 5.41) is 2.72. The van der Waals surface area contributed by atoms with E-state index < -0.39 is 17.5 Å². The number of hydrogen-bond acceptors (Lipinski definition) is 4. The molecule has 0 aliphatic carbocycles. The zero-order valence-corrected chi connectivity index (χ0v) is 15.8. The number of amides is 2. The van der Waals surface area contributed by atoms with Gasteiger partial charge in [0.25, 0.3) is 0 Å². The first kappa shape index (κ1) is 20.0. The molecule has 1 aromatic rings. The second-order valence-electron chi connectivity index (χ2n) is 7.33. The Bertz CT molecular complexity index is 657. The number of anilines is 1. The molecule has 1 aromatic carbocycles. The Morgan fingerprint density at radius 3 is 2.69 bits per heavy atom. The molecule has 2 rings (SSSR count). The van der Waals surface area contributed by atoms with Gasteiger partial charge in [-0.2, -0.15) is 0 Å². The van der Waals surface area contributed by atoms with Gasteiger partial charge in [-0.3, -0.25) is 4.79 Å². The second kappa shape index (κ2) is 8.38. The quantitative estimate of drug-likeness (QED) is 0.880. The Kier molecular flexibility index (Phi) is 6.45. The lowest BCUT2D eigenvalue weighted by Crippen LogP contribution is -2.45. The highest BCUT2D eigenvalue weighted by Gasteiger charge is 2.31. The van der Waals surface area contributed by atoms with Crippen molar-refractivity contribution in [1.82, 2.24) is 4.90 Å². The number of nitrogens with one attached hydrogen (secondary N) is 1. The third-order valence-corrected chi connectivity index (χ3v) is 3.94. The molecule has 144 valence electrons. The van der Waals surface area contributed by atoms with E-state index in [4.69, 9.17) is 9.47 Å². The highest BCUT2D eigenvalue weighted by Crippen LogP contribution is 2.24. The molecular formula is C19H27FN2O4. The lowest BCUT2D eigenvalue weighted by Gasteiger charge is -2.33. The SMILES string of the molecule is CCOc1ccc(NC(=O)C2CCCN(C(=O)OC(C)(C)C)C2)cc1F. The van der Waals surface area contributed by atoms with Gasteiger partial charge in [-0.25, -0.2) is 9.18 Å². The molecule has 1 atom stereocenters. The first-order valence-electron chi connectivity index (χ1n) is 8.90. The van der Waals surface area contributed by atoms with Gasteiger partial charge < -0.3 is 19.7 Å². The molecule has 1 saturated heterocycles. The van der Waals surface area contributed by atoms with Crippen molar-refractivity contribution in [3.63, 3.8) is 0 Å². The van der Waals surface area contributed by atoms with Gasteiger partial charge in [0.15, 0.2) is 11.6 Å². The number of halogens is 1. The summed E-state index contributed by atoms with van der Waals surface area (Å²) < 4.78 is 24.4. The van der Waals surface area contributed by atoms with Crippen molar-refractivity contribution in [1.29, 1.82) is 0 Å². The molecule has 1 unspecified atom stereocenters. The van der Waals surface area contributed by atoms with E-state index in [2.05, 4.69) is 5.32 Å². The normalized spacial score (nSPS) is 17.6. The molecular weight excluding hydrogens is 339 g/mol. The third-order valence-electron chi connectivity index (χ3n) is 3.94. The van der Waals surface area contributed by atoms with Crippen molar-refractivity contribution < 1.29 is 23.5 Å². The molecule has 1 aliphatic rings. The number of carbonyl (C=O) groups excluding carboxylic acids is 2. The summed E-state index contributed by atoms with van der Waals surface area (Å²) in [6.07, 6.45) is 0.974. The van der Waals surface area contributed by atoms with Crippen LogP contribution in [0.4, 0.5) is 14.9 Å². The summed E-state index contributed by atoms with van der Waals surface area (Å²) in [5.41, 5.74) is -0.211. The van der Waals surface area contributed by atoms with Crippen LogP contribution in [0.5, 0.6) is 5.75 Å². The summed E-state index contributed by atoms with van der Waals surface area (Å²) in [4.78, 5) is 26.2. The van der Waals surface area contributed by atoms with Crippen LogP contribution in [-0.4, -0.2) is 42.2 Å². The summed E-state index contributed by atoms with van der Waals surface area (Å²) in [5.74, 6) is -0.962. The lowest BCUT2D eigenvalue weighted by atomic mass is 9.97. The molecule has 1 aliphatic heterocycles. The van der Waals surface area contributed by atoms with Gasteiger partial charge in [-0.15, -0.1) is 0 Å². The molecule has 26 heavy (non-hydrogen) atoms. The molecule has 7 heteroatoms. The summed E-state index contributed by atoms with van der Waals surface area (Å²) in [6.45, 7) is 8.41. The average molecular weight is 366 g/mol. The van der Waals surface area contributed by atoms with E-state index in [0.717, 1.165) is 6.42 Å². The number of benzene rings is 1. The van der Waals surface area contributed by atoms with E-state index in [1.165, 1.54) is 12.1 Å². The summed E-state index contributed by atoms with van der Waals surface area (Å²) in [6, 6.07) is 4.32. The van der Waals surface area contributed by atoms with Crippen molar-refractivity contribution in [2.45, 2.75) is 46.1 Å². The van der Waals surface area contributed by atoms with Crippen molar-refractivity contribution >= 4 is 17.7 Å². The molecule has 0 radical (unpaired) electrons. The Labute approximate surface area is 153 Å². The molecule has 1 heterocycles. The fraction of sp³-hybridized carbons (Fsp3) is 0.579. The van der Waals surface area contributed by atoms with Crippen molar-refractivity contribution in [3.05, 3.63) is 24.0 Å². The first-order chi connectivity index (χ1) is 12.2. The topological polar surface area (TPSA) is 67.9 Å². The van der Waals surface area contributed by atoms with Crippen LogP contribution in [0.3, 0.4) is 0 Å². The number of carbonyl (C=O) groups is 2.